The zero-order chi connectivity index (χ0) is 20.3. The van der Waals surface area contributed by atoms with E-state index in [-0.39, 0.29) is 5.97 Å². The third-order valence-electron chi connectivity index (χ3n) is 4.43. The van der Waals surface area contributed by atoms with Crippen LogP contribution in [0.2, 0.25) is 5.15 Å². The van der Waals surface area contributed by atoms with Gasteiger partial charge in [-0.15, -0.1) is 0 Å². The summed E-state index contributed by atoms with van der Waals surface area (Å²) in [6.07, 6.45) is -0.659. The molecule has 1 heterocycles. The van der Waals surface area contributed by atoms with E-state index in [0.29, 0.717) is 17.5 Å². The second-order valence-electron chi connectivity index (χ2n) is 6.56. The molecule has 0 spiro atoms. The van der Waals surface area contributed by atoms with Crippen LogP contribution < -0.4 is 9.64 Å². The van der Waals surface area contributed by atoms with Gasteiger partial charge in [-0.1, -0.05) is 29.3 Å². The number of benzene rings is 2. The quantitative estimate of drug-likeness (QED) is 0.417. The molecule has 1 unspecified atom stereocenters. The lowest BCUT2D eigenvalue weighted by Gasteiger charge is -2.20. The minimum Gasteiger partial charge on any atom is -0.479 e. The van der Waals surface area contributed by atoms with Crippen LogP contribution in [0.3, 0.4) is 0 Å². The number of anilines is 2. The molecule has 0 saturated heterocycles. The number of aryl methyl sites for hydroxylation is 1. The predicted molar refractivity (Wildman–Crippen MR) is 113 cm³/mol. The van der Waals surface area contributed by atoms with Gasteiger partial charge in [0.25, 0.3) is 0 Å². The van der Waals surface area contributed by atoms with Crippen molar-refractivity contribution in [2.75, 3.05) is 18.6 Å². The van der Waals surface area contributed by atoms with E-state index in [0.717, 1.165) is 27.8 Å². The maximum absolute atomic E-state index is 11.7. The van der Waals surface area contributed by atoms with Crippen LogP contribution in [0.25, 0.3) is 10.8 Å². The van der Waals surface area contributed by atoms with E-state index < -0.39 is 6.10 Å². The van der Waals surface area contributed by atoms with Crippen LogP contribution in [-0.2, 0) is 9.53 Å². The Labute approximate surface area is 169 Å². The molecule has 1 atom stereocenters. The van der Waals surface area contributed by atoms with Gasteiger partial charge in [-0.3, -0.25) is 0 Å². The van der Waals surface area contributed by atoms with Crippen molar-refractivity contribution in [1.82, 2.24) is 4.98 Å². The average molecular weight is 399 g/mol. The molecule has 5 nitrogen and oxygen atoms in total. The van der Waals surface area contributed by atoms with Crippen LogP contribution in [0.5, 0.6) is 5.75 Å². The molecular formula is C22H23ClN2O3. The van der Waals surface area contributed by atoms with E-state index in [1.54, 1.807) is 13.8 Å². The Morgan fingerprint density at radius 3 is 2.57 bits per heavy atom. The molecule has 28 heavy (non-hydrogen) atoms. The summed E-state index contributed by atoms with van der Waals surface area (Å²) in [6.45, 7) is 5.80. The highest BCUT2D eigenvalue weighted by atomic mass is 35.5. The number of halogens is 1. The van der Waals surface area contributed by atoms with Crippen molar-refractivity contribution in [3.05, 3.63) is 59.2 Å². The van der Waals surface area contributed by atoms with Crippen molar-refractivity contribution in [2.24, 2.45) is 0 Å². The van der Waals surface area contributed by atoms with Crippen LogP contribution in [0.4, 0.5) is 11.5 Å². The molecule has 0 N–H and O–H groups in total. The molecule has 0 aliphatic rings. The maximum Gasteiger partial charge on any atom is 0.347 e. The SMILES string of the molecule is CCOC(=O)C(C)Oc1ccc(N(C)c2cc3ccc(C)cc3c(Cl)n2)cc1. The van der Waals surface area contributed by atoms with Gasteiger partial charge in [-0.25, -0.2) is 9.78 Å². The van der Waals surface area contributed by atoms with Crippen LogP contribution in [0, 0.1) is 6.92 Å². The molecule has 1 aromatic heterocycles. The summed E-state index contributed by atoms with van der Waals surface area (Å²) in [5.74, 6) is 0.960. The number of carbonyl (C=O) groups is 1. The molecular weight excluding hydrogens is 376 g/mol. The van der Waals surface area contributed by atoms with Gasteiger partial charge >= 0.3 is 5.97 Å². The monoisotopic (exact) mass is 398 g/mol. The highest BCUT2D eigenvalue weighted by molar-refractivity contribution is 6.34. The van der Waals surface area contributed by atoms with Crippen molar-refractivity contribution < 1.29 is 14.3 Å². The van der Waals surface area contributed by atoms with E-state index in [2.05, 4.69) is 11.1 Å². The molecule has 0 saturated carbocycles. The molecule has 0 aliphatic carbocycles. The first-order valence-electron chi connectivity index (χ1n) is 9.13. The fourth-order valence-electron chi connectivity index (χ4n) is 2.87. The summed E-state index contributed by atoms with van der Waals surface area (Å²) in [6, 6.07) is 15.6. The van der Waals surface area contributed by atoms with Crippen LogP contribution in [0.15, 0.2) is 48.5 Å². The molecule has 0 radical (unpaired) electrons. The zero-order valence-electron chi connectivity index (χ0n) is 16.4. The summed E-state index contributed by atoms with van der Waals surface area (Å²) < 4.78 is 10.6. The second kappa shape index (κ2) is 8.48. The molecule has 0 fully saturated rings. The normalized spacial score (nSPS) is 11.9. The summed E-state index contributed by atoms with van der Waals surface area (Å²) in [7, 11) is 1.93. The van der Waals surface area contributed by atoms with E-state index in [1.165, 1.54) is 0 Å². The Hall–Kier alpha value is -2.79. The number of nitrogens with zero attached hydrogens (tertiary/aromatic N) is 2. The smallest absolute Gasteiger partial charge is 0.347 e. The van der Waals surface area contributed by atoms with Gasteiger partial charge in [0.05, 0.1) is 6.61 Å². The summed E-state index contributed by atoms with van der Waals surface area (Å²) in [5, 5.41) is 2.46. The predicted octanol–water partition coefficient (Wildman–Crippen LogP) is 5.29. The number of aromatic nitrogens is 1. The van der Waals surface area contributed by atoms with Gasteiger partial charge in [0.1, 0.15) is 16.7 Å². The molecule has 2 aromatic carbocycles. The van der Waals surface area contributed by atoms with Gasteiger partial charge < -0.3 is 14.4 Å². The van der Waals surface area contributed by atoms with Crippen molar-refractivity contribution in [3.63, 3.8) is 0 Å². The summed E-state index contributed by atoms with van der Waals surface area (Å²) >= 11 is 6.40. The molecule has 0 bridgehead atoms. The van der Waals surface area contributed by atoms with E-state index in [9.17, 15) is 4.79 Å². The molecule has 6 heteroatoms. The largest absolute Gasteiger partial charge is 0.479 e. The second-order valence-corrected chi connectivity index (χ2v) is 6.92. The Kier molecular flexibility index (Phi) is 6.05. The Morgan fingerprint density at radius 2 is 1.89 bits per heavy atom. The third kappa shape index (κ3) is 4.37. The Morgan fingerprint density at radius 1 is 1.18 bits per heavy atom. The van der Waals surface area contributed by atoms with E-state index in [4.69, 9.17) is 21.1 Å². The van der Waals surface area contributed by atoms with Gasteiger partial charge in [0.2, 0.25) is 0 Å². The van der Waals surface area contributed by atoms with Crippen LogP contribution in [-0.4, -0.2) is 30.7 Å². The van der Waals surface area contributed by atoms with Gasteiger partial charge in [0.15, 0.2) is 6.10 Å². The van der Waals surface area contributed by atoms with Crippen LogP contribution >= 0.6 is 11.6 Å². The molecule has 0 aliphatic heterocycles. The summed E-state index contributed by atoms with van der Waals surface area (Å²) in [5.41, 5.74) is 2.07. The van der Waals surface area contributed by atoms with Crippen LogP contribution in [0.1, 0.15) is 19.4 Å². The average Bonchev–Trinajstić information content (AvgIpc) is 2.68. The molecule has 0 amide bonds. The third-order valence-corrected chi connectivity index (χ3v) is 4.72. The first kappa shape index (κ1) is 20.0. The van der Waals surface area contributed by atoms with E-state index >= 15 is 0 Å². The maximum atomic E-state index is 11.7. The van der Waals surface area contributed by atoms with Crippen molar-refractivity contribution in [2.45, 2.75) is 26.9 Å². The van der Waals surface area contributed by atoms with Gasteiger partial charge in [-0.2, -0.15) is 0 Å². The number of pyridine rings is 1. The van der Waals surface area contributed by atoms with Crippen molar-refractivity contribution >= 4 is 39.8 Å². The number of hydrogen-bond donors (Lipinski definition) is 0. The number of esters is 1. The minimum atomic E-state index is -0.659. The topological polar surface area (TPSA) is 51.7 Å². The van der Waals surface area contributed by atoms with Gasteiger partial charge in [-0.05, 0) is 62.6 Å². The molecule has 3 aromatic rings. The van der Waals surface area contributed by atoms with Gasteiger partial charge in [0, 0.05) is 18.1 Å². The Bertz CT molecular complexity index is 989. The lowest BCUT2D eigenvalue weighted by molar-refractivity contribution is -0.150. The number of rotatable bonds is 6. The van der Waals surface area contributed by atoms with E-state index in [1.807, 2.05) is 61.3 Å². The van der Waals surface area contributed by atoms with Crippen molar-refractivity contribution in [3.8, 4) is 5.75 Å². The number of carbonyl (C=O) groups excluding carboxylic acids is 1. The highest BCUT2D eigenvalue weighted by Crippen LogP contribution is 2.30. The Balaban J connectivity index is 1.79. The molecule has 146 valence electrons. The highest BCUT2D eigenvalue weighted by Gasteiger charge is 2.16. The lowest BCUT2D eigenvalue weighted by Crippen LogP contribution is -2.26. The minimum absolute atomic E-state index is 0.331. The standard InChI is InChI=1S/C22H23ClN2O3/c1-5-27-22(26)15(3)28-18-10-8-17(9-11-18)25(4)20-13-16-7-6-14(2)12-19(16)21(23)24-20/h6-13,15H,5H2,1-4H3. The number of ether oxygens (including phenoxy) is 2. The number of hydrogen-bond acceptors (Lipinski definition) is 5. The first-order valence-corrected chi connectivity index (χ1v) is 9.51. The lowest BCUT2D eigenvalue weighted by atomic mass is 10.1. The van der Waals surface area contributed by atoms with Crippen molar-refractivity contribution in [1.29, 1.82) is 0 Å². The fraction of sp³-hybridized carbons (Fsp3) is 0.273. The molecule has 3 rings (SSSR count). The summed E-state index contributed by atoms with van der Waals surface area (Å²) in [4.78, 5) is 18.2. The fourth-order valence-corrected chi connectivity index (χ4v) is 3.12. The zero-order valence-corrected chi connectivity index (χ0v) is 17.2. The first-order chi connectivity index (χ1) is 13.4. The number of fused-ring (bicyclic) bond motifs is 1.